The van der Waals surface area contributed by atoms with E-state index in [9.17, 15) is 9.59 Å². The molecular weight excluding hydrogens is 286 g/mol. The molecule has 0 aliphatic heterocycles. The number of nitrogens with one attached hydrogen (secondary N) is 1. The van der Waals surface area contributed by atoms with Crippen molar-refractivity contribution in [2.24, 2.45) is 0 Å². The monoisotopic (exact) mass is 309 g/mol. The lowest BCUT2D eigenvalue weighted by Gasteiger charge is -2.19. The second kappa shape index (κ2) is 9.04. The number of esters is 1. The Kier molecular flexibility index (Phi) is 7.39. The normalized spacial score (nSPS) is 10.9. The van der Waals surface area contributed by atoms with Crippen LogP contribution in [0.2, 0.25) is 0 Å². The van der Waals surface area contributed by atoms with Crippen molar-refractivity contribution >= 4 is 12.1 Å². The molecule has 6 nitrogen and oxygen atoms in total. The first-order chi connectivity index (χ1) is 10.4. The zero-order chi connectivity index (χ0) is 16.4. The third-order valence-corrected chi connectivity index (χ3v) is 2.37. The van der Waals surface area contributed by atoms with Crippen molar-refractivity contribution in [1.29, 1.82) is 0 Å². The molecule has 0 aliphatic carbocycles. The number of amides is 1. The van der Waals surface area contributed by atoms with Gasteiger partial charge < -0.3 is 19.5 Å². The second-order valence-electron chi connectivity index (χ2n) is 5.63. The molecule has 0 radical (unpaired) electrons. The first-order valence-corrected chi connectivity index (χ1v) is 7.11. The maximum atomic E-state index is 11.4. The van der Waals surface area contributed by atoms with E-state index in [-0.39, 0.29) is 26.4 Å². The van der Waals surface area contributed by atoms with Gasteiger partial charge in [-0.2, -0.15) is 0 Å². The Labute approximate surface area is 130 Å². The third kappa shape index (κ3) is 8.97. The average molecular weight is 309 g/mol. The zero-order valence-electron chi connectivity index (χ0n) is 13.3. The minimum absolute atomic E-state index is 0.141. The summed E-state index contributed by atoms with van der Waals surface area (Å²) in [7, 11) is 0. The molecule has 22 heavy (non-hydrogen) atoms. The van der Waals surface area contributed by atoms with Gasteiger partial charge in [-0.15, -0.1) is 0 Å². The number of ether oxygens (including phenoxy) is 3. The first-order valence-electron chi connectivity index (χ1n) is 7.11. The quantitative estimate of drug-likeness (QED) is 0.618. The molecule has 0 spiro atoms. The van der Waals surface area contributed by atoms with Gasteiger partial charge in [-0.3, -0.25) is 0 Å². The number of carbonyl (C=O) groups is 2. The molecule has 1 N–H and O–H groups in total. The Morgan fingerprint density at radius 1 is 1.14 bits per heavy atom. The topological polar surface area (TPSA) is 73.9 Å². The minimum atomic E-state index is -0.528. The molecule has 0 unspecified atom stereocenters. The second-order valence-corrected chi connectivity index (χ2v) is 5.63. The largest absolute Gasteiger partial charge is 0.458 e. The van der Waals surface area contributed by atoms with Crippen LogP contribution in [-0.2, 0) is 25.6 Å². The highest BCUT2D eigenvalue weighted by molar-refractivity contribution is 5.71. The van der Waals surface area contributed by atoms with E-state index in [0.29, 0.717) is 0 Å². The summed E-state index contributed by atoms with van der Waals surface area (Å²) in [5.41, 5.74) is 0.388. The van der Waals surface area contributed by atoms with Crippen LogP contribution >= 0.6 is 0 Å². The number of rotatable bonds is 7. The van der Waals surface area contributed by atoms with Crippen molar-refractivity contribution < 1.29 is 23.8 Å². The Balaban J connectivity index is 2.04. The van der Waals surface area contributed by atoms with Crippen LogP contribution in [0.3, 0.4) is 0 Å². The van der Waals surface area contributed by atoms with Crippen molar-refractivity contribution in [2.45, 2.75) is 33.0 Å². The molecule has 122 valence electrons. The fraction of sp³-hybridized carbons (Fsp3) is 0.500. The highest BCUT2D eigenvalue weighted by Gasteiger charge is 2.15. The minimum Gasteiger partial charge on any atom is -0.458 e. The molecule has 0 aliphatic rings. The fourth-order valence-electron chi connectivity index (χ4n) is 1.53. The van der Waals surface area contributed by atoms with E-state index in [1.54, 1.807) is 20.8 Å². The molecule has 0 aromatic heterocycles. The van der Waals surface area contributed by atoms with Crippen molar-refractivity contribution in [1.82, 2.24) is 5.32 Å². The van der Waals surface area contributed by atoms with Crippen molar-refractivity contribution in [3.05, 3.63) is 35.9 Å². The third-order valence-electron chi connectivity index (χ3n) is 2.37. The van der Waals surface area contributed by atoms with E-state index < -0.39 is 17.7 Å². The molecule has 0 saturated heterocycles. The first kappa shape index (κ1) is 18.0. The summed E-state index contributed by atoms with van der Waals surface area (Å²) < 4.78 is 15.2. The van der Waals surface area contributed by atoms with Crippen LogP contribution in [0.15, 0.2) is 30.3 Å². The van der Waals surface area contributed by atoms with Crippen LogP contribution in [0.25, 0.3) is 0 Å². The van der Waals surface area contributed by atoms with Gasteiger partial charge in [0.1, 0.15) is 18.8 Å². The smallest absolute Gasteiger partial charge is 0.407 e. The molecule has 0 heterocycles. The number of benzene rings is 1. The molecular formula is C16H23NO5. The predicted molar refractivity (Wildman–Crippen MR) is 81.3 cm³/mol. The molecule has 1 amide bonds. The summed E-state index contributed by atoms with van der Waals surface area (Å²) in [6, 6.07) is 9.39. The molecule has 0 saturated carbocycles. The summed E-state index contributed by atoms with van der Waals surface area (Å²) >= 11 is 0. The van der Waals surface area contributed by atoms with Gasteiger partial charge in [0.25, 0.3) is 0 Å². The highest BCUT2D eigenvalue weighted by Crippen LogP contribution is 2.06. The van der Waals surface area contributed by atoms with Crippen molar-refractivity contribution in [3.63, 3.8) is 0 Å². The molecule has 0 bridgehead atoms. The summed E-state index contributed by atoms with van der Waals surface area (Å²) in [6.45, 7) is 5.90. The lowest BCUT2D eigenvalue weighted by molar-refractivity contribution is -0.160. The molecule has 1 aromatic carbocycles. The van der Waals surface area contributed by atoms with Crippen LogP contribution in [0.5, 0.6) is 0 Å². The van der Waals surface area contributed by atoms with E-state index in [0.717, 1.165) is 5.56 Å². The van der Waals surface area contributed by atoms with E-state index in [2.05, 4.69) is 5.32 Å². The van der Waals surface area contributed by atoms with Crippen LogP contribution < -0.4 is 5.32 Å². The molecule has 1 rings (SSSR count). The summed E-state index contributed by atoms with van der Waals surface area (Å²) in [4.78, 5) is 22.8. The van der Waals surface area contributed by atoms with Gasteiger partial charge in [0.15, 0.2) is 0 Å². The van der Waals surface area contributed by atoms with Crippen LogP contribution in [-0.4, -0.2) is 37.4 Å². The summed E-state index contributed by atoms with van der Waals surface area (Å²) in [5.74, 6) is -0.431. The van der Waals surface area contributed by atoms with Gasteiger partial charge in [-0.25, -0.2) is 9.59 Å². The number of hydrogen-bond acceptors (Lipinski definition) is 5. The predicted octanol–water partition coefficient (Wildman–Crippen LogP) is 2.27. The van der Waals surface area contributed by atoms with Crippen molar-refractivity contribution in [2.75, 3.05) is 19.8 Å². The Bertz CT molecular complexity index is 467. The van der Waals surface area contributed by atoms with Crippen LogP contribution in [0, 0.1) is 0 Å². The number of carbonyl (C=O) groups excluding carboxylic acids is 2. The maximum absolute atomic E-state index is 11.4. The number of hydrogen-bond donors (Lipinski definition) is 1. The molecule has 0 atom stereocenters. The summed E-state index contributed by atoms with van der Waals surface area (Å²) in [5, 5.41) is 2.54. The molecule has 6 heteroatoms. The van der Waals surface area contributed by atoms with Gasteiger partial charge in [-0.05, 0) is 26.3 Å². The lowest BCUT2D eigenvalue weighted by atomic mass is 10.2. The number of alkyl carbamates (subject to hydrolysis) is 1. The standard InChI is InChI=1S/C16H23NO5/c1-16(2,3)22-14(18)12-20-10-9-17-15(19)21-11-13-7-5-4-6-8-13/h4-8H,9-12H2,1-3H3,(H,17,19). The SMILES string of the molecule is CC(C)(C)OC(=O)COCCNC(=O)OCc1ccccc1. The Hall–Kier alpha value is -2.08. The molecule has 1 aromatic rings. The summed E-state index contributed by atoms with van der Waals surface area (Å²) in [6.07, 6.45) is -0.523. The van der Waals surface area contributed by atoms with Gasteiger partial charge in [0.2, 0.25) is 0 Å². The molecule has 0 fully saturated rings. The van der Waals surface area contributed by atoms with Crippen LogP contribution in [0.4, 0.5) is 4.79 Å². The van der Waals surface area contributed by atoms with Crippen molar-refractivity contribution in [3.8, 4) is 0 Å². The average Bonchev–Trinajstić information content (AvgIpc) is 2.44. The van der Waals surface area contributed by atoms with E-state index >= 15 is 0 Å². The van der Waals surface area contributed by atoms with E-state index in [4.69, 9.17) is 14.2 Å². The lowest BCUT2D eigenvalue weighted by Crippen LogP contribution is -2.30. The van der Waals surface area contributed by atoms with Gasteiger partial charge >= 0.3 is 12.1 Å². The maximum Gasteiger partial charge on any atom is 0.407 e. The Morgan fingerprint density at radius 2 is 1.82 bits per heavy atom. The van der Waals surface area contributed by atoms with Gasteiger partial charge in [0.05, 0.1) is 6.61 Å². The van der Waals surface area contributed by atoms with Gasteiger partial charge in [-0.1, -0.05) is 30.3 Å². The highest BCUT2D eigenvalue weighted by atomic mass is 16.6. The van der Waals surface area contributed by atoms with Crippen LogP contribution in [0.1, 0.15) is 26.3 Å². The fourth-order valence-corrected chi connectivity index (χ4v) is 1.53. The van der Waals surface area contributed by atoms with E-state index in [1.807, 2.05) is 30.3 Å². The zero-order valence-corrected chi connectivity index (χ0v) is 13.3. The van der Waals surface area contributed by atoms with Gasteiger partial charge in [0, 0.05) is 6.54 Å². The Morgan fingerprint density at radius 3 is 2.45 bits per heavy atom. The van der Waals surface area contributed by atoms with E-state index in [1.165, 1.54) is 0 Å².